The molecule has 1 aromatic heterocycles. The van der Waals surface area contributed by atoms with E-state index in [-0.39, 0.29) is 5.43 Å². The summed E-state index contributed by atoms with van der Waals surface area (Å²) in [7, 11) is 0. The number of para-hydroxylation sites is 1. The topological polar surface area (TPSA) is 45.3 Å². The lowest BCUT2D eigenvalue weighted by Crippen LogP contribution is -2.52. The largest absolute Gasteiger partial charge is 0.375 e. The molecule has 2 aliphatic rings. The molecule has 4 rings (SSSR count). The van der Waals surface area contributed by atoms with Crippen LogP contribution in [0.2, 0.25) is 5.02 Å². The predicted molar refractivity (Wildman–Crippen MR) is 92.0 cm³/mol. The van der Waals surface area contributed by atoms with E-state index in [0.717, 1.165) is 37.3 Å². The van der Waals surface area contributed by atoms with Crippen molar-refractivity contribution in [2.45, 2.75) is 44.4 Å². The second kappa shape index (κ2) is 6.27. The first-order valence-electron chi connectivity index (χ1n) is 8.38. The van der Waals surface area contributed by atoms with Gasteiger partial charge in [0.05, 0.1) is 23.3 Å². The zero-order valence-electron chi connectivity index (χ0n) is 13.1. The molecule has 2 aromatic rings. The summed E-state index contributed by atoms with van der Waals surface area (Å²) in [6.07, 6.45) is 5.22. The summed E-state index contributed by atoms with van der Waals surface area (Å²) in [6.45, 7) is 2.45. The fraction of sp³-hybridized carbons (Fsp3) is 0.500. The number of hydrogen-bond acceptors (Lipinski definition) is 3. The Morgan fingerprint density at radius 3 is 3.09 bits per heavy atom. The molecular formula is C18H21ClN2O2. The van der Waals surface area contributed by atoms with Crippen LogP contribution >= 0.6 is 11.6 Å². The Labute approximate surface area is 140 Å². The first-order chi connectivity index (χ1) is 11.2. The van der Waals surface area contributed by atoms with Crippen molar-refractivity contribution in [1.82, 2.24) is 9.88 Å². The van der Waals surface area contributed by atoms with E-state index in [1.54, 1.807) is 6.07 Å². The maximum Gasteiger partial charge on any atom is 0.189 e. The SMILES string of the molecule is O=c1cc(CN2CCO[C@@H]3CCCC[C@H]32)[nH]c2c(Cl)cccc12. The molecule has 122 valence electrons. The molecular weight excluding hydrogens is 312 g/mol. The minimum absolute atomic E-state index is 0.0321. The highest BCUT2D eigenvalue weighted by Crippen LogP contribution is 2.29. The fourth-order valence-corrected chi connectivity index (χ4v) is 4.19. The lowest BCUT2D eigenvalue weighted by Gasteiger charge is -2.43. The van der Waals surface area contributed by atoms with E-state index in [9.17, 15) is 4.79 Å². The highest BCUT2D eigenvalue weighted by Gasteiger charge is 2.34. The second-order valence-corrected chi connectivity index (χ2v) is 6.96. The van der Waals surface area contributed by atoms with Crippen LogP contribution in [-0.2, 0) is 11.3 Å². The monoisotopic (exact) mass is 332 g/mol. The molecule has 5 heteroatoms. The van der Waals surface area contributed by atoms with E-state index in [1.807, 2.05) is 18.2 Å². The molecule has 0 amide bonds. The maximum atomic E-state index is 12.4. The van der Waals surface area contributed by atoms with E-state index in [0.29, 0.717) is 22.6 Å². The van der Waals surface area contributed by atoms with Crippen molar-refractivity contribution >= 4 is 22.5 Å². The van der Waals surface area contributed by atoms with Crippen LogP contribution in [0.1, 0.15) is 31.4 Å². The fourth-order valence-electron chi connectivity index (χ4n) is 3.97. The van der Waals surface area contributed by atoms with Gasteiger partial charge in [0.15, 0.2) is 5.43 Å². The molecule has 0 radical (unpaired) electrons. The number of hydrogen-bond donors (Lipinski definition) is 1. The number of aromatic amines is 1. The molecule has 2 atom stereocenters. The third-order valence-electron chi connectivity index (χ3n) is 5.09. The summed E-state index contributed by atoms with van der Waals surface area (Å²) in [5.41, 5.74) is 1.71. The van der Waals surface area contributed by atoms with Crippen molar-refractivity contribution in [3.8, 4) is 0 Å². The van der Waals surface area contributed by atoms with Gasteiger partial charge in [-0.05, 0) is 25.0 Å². The zero-order valence-corrected chi connectivity index (χ0v) is 13.8. The van der Waals surface area contributed by atoms with E-state index < -0.39 is 0 Å². The number of benzene rings is 1. The van der Waals surface area contributed by atoms with Crippen molar-refractivity contribution in [3.05, 3.63) is 45.2 Å². The number of fused-ring (bicyclic) bond motifs is 2. The Morgan fingerprint density at radius 2 is 2.17 bits per heavy atom. The summed E-state index contributed by atoms with van der Waals surface area (Å²) >= 11 is 6.25. The molecule has 0 bridgehead atoms. The van der Waals surface area contributed by atoms with E-state index >= 15 is 0 Å². The number of morpholine rings is 1. The van der Waals surface area contributed by atoms with Gasteiger partial charge in [-0.3, -0.25) is 9.69 Å². The smallest absolute Gasteiger partial charge is 0.189 e. The Hall–Kier alpha value is -1.36. The van der Waals surface area contributed by atoms with Crippen LogP contribution in [0.4, 0.5) is 0 Å². The summed E-state index contributed by atoms with van der Waals surface area (Å²) in [6, 6.07) is 7.63. The number of nitrogens with zero attached hydrogens (tertiary/aromatic N) is 1. The van der Waals surface area contributed by atoms with Crippen molar-refractivity contribution in [1.29, 1.82) is 0 Å². The molecule has 1 N–H and O–H groups in total. The van der Waals surface area contributed by atoms with Crippen molar-refractivity contribution in [2.24, 2.45) is 0 Å². The molecule has 0 unspecified atom stereocenters. The van der Waals surface area contributed by atoms with Gasteiger partial charge in [-0.15, -0.1) is 0 Å². The van der Waals surface area contributed by atoms with Gasteiger partial charge in [0, 0.05) is 36.3 Å². The number of halogens is 1. The average Bonchev–Trinajstić information content (AvgIpc) is 2.56. The molecule has 4 nitrogen and oxygen atoms in total. The lowest BCUT2D eigenvalue weighted by atomic mass is 9.90. The summed E-state index contributed by atoms with van der Waals surface area (Å²) in [5, 5.41) is 1.25. The number of ether oxygens (including phenoxy) is 1. The lowest BCUT2D eigenvalue weighted by molar-refractivity contribution is -0.0914. The summed E-state index contributed by atoms with van der Waals surface area (Å²) in [4.78, 5) is 18.2. The van der Waals surface area contributed by atoms with Crippen LogP contribution < -0.4 is 5.43 Å². The Kier molecular flexibility index (Phi) is 4.14. The Bertz CT molecular complexity index is 771. The van der Waals surface area contributed by atoms with Gasteiger partial charge >= 0.3 is 0 Å². The number of H-pyrrole nitrogens is 1. The first kappa shape index (κ1) is 15.2. The van der Waals surface area contributed by atoms with Crippen LogP contribution in [0.25, 0.3) is 10.9 Å². The molecule has 23 heavy (non-hydrogen) atoms. The quantitative estimate of drug-likeness (QED) is 0.917. The third kappa shape index (κ3) is 2.91. The van der Waals surface area contributed by atoms with Gasteiger partial charge in [0.2, 0.25) is 0 Å². The molecule has 0 spiro atoms. The molecule has 1 saturated carbocycles. The minimum atomic E-state index is 0.0321. The highest BCUT2D eigenvalue weighted by atomic mass is 35.5. The average molecular weight is 333 g/mol. The van der Waals surface area contributed by atoms with Crippen molar-refractivity contribution in [3.63, 3.8) is 0 Å². The third-order valence-corrected chi connectivity index (χ3v) is 5.41. The van der Waals surface area contributed by atoms with Crippen LogP contribution in [0, 0.1) is 0 Å². The van der Waals surface area contributed by atoms with Crippen LogP contribution in [0.3, 0.4) is 0 Å². The molecule has 1 aliphatic carbocycles. The number of rotatable bonds is 2. The van der Waals surface area contributed by atoms with Gasteiger partial charge in [-0.2, -0.15) is 0 Å². The van der Waals surface area contributed by atoms with E-state index in [4.69, 9.17) is 16.3 Å². The van der Waals surface area contributed by atoms with Gasteiger partial charge in [0.1, 0.15) is 0 Å². The van der Waals surface area contributed by atoms with E-state index in [1.165, 1.54) is 19.3 Å². The van der Waals surface area contributed by atoms with Crippen molar-refractivity contribution in [2.75, 3.05) is 13.2 Å². The summed E-state index contributed by atoms with van der Waals surface area (Å²) in [5.74, 6) is 0. The Morgan fingerprint density at radius 1 is 1.30 bits per heavy atom. The summed E-state index contributed by atoms with van der Waals surface area (Å²) < 4.78 is 5.93. The molecule has 2 heterocycles. The standard InChI is InChI=1S/C18H21ClN2O2/c19-14-5-3-4-13-16(22)10-12(20-18(13)14)11-21-8-9-23-17-7-2-1-6-15(17)21/h3-5,10,15,17H,1-2,6-9,11H2,(H,20,22)/t15-,17-/m1/s1. The van der Waals surface area contributed by atoms with Crippen LogP contribution in [0.15, 0.2) is 29.1 Å². The second-order valence-electron chi connectivity index (χ2n) is 6.55. The normalized spacial score (nSPS) is 25.4. The van der Waals surface area contributed by atoms with Crippen LogP contribution in [0.5, 0.6) is 0 Å². The molecule has 2 fully saturated rings. The maximum absolute atomic E-state index is 12.4. The Balaban J connectivity index is 1.64. The zero-order chi connectivity index (χ0) is 15.8. The first-order valence-corrected chi connectivity index (χ1v) is 8.76. The number of pyridine rings is 1. The molecule has 1 aromatic carbocycles. The number of nitrogens with one attached hydrogen (secondary N) is 1. The van der Waals surface area contributed by atoms with E-state index in [2.05, 4.69) is 9.88 Å². The highest BCUT2D eigenvalue weighted by molar-refractivity contribution is 6.35. The van der Waals surface area contributed by atoms with Gasteiger partial charge in [-0.25, -0.2) is 0 Å². The molecule has 1 aliphatic heterocycles. The van der Waals surface area contributed by atoms with Gasteiger partial charge in [0.25, 0.3) is 0 Å². The predicted octanol–water partition coefficient (Wildman–Crippen LogP) is 3.32. The minimum Gasteiger partial charge on any atom is -0.375 e. The van der Waals surface area contributed by atoms with Crippen LogP contribution in [-0.4, -0.2) is 35.2 Å². The molecule has 1 saturated heterocycles. The van der Waals surface area contributed by atoms with Gasteiger partial charge in [-0.1, -0.05) is 30.5 Å². The van der Waals surface area contributed by atoms with Crippen molar-refractivity contribution < 1.29 is 4.74 Å². The van der Waals surface area contributed by atoms with Gasteiger partial charge < -0.3 is 9.72 Å². The number of aromatic nitrogens is 1.